The molecule has 1 aromatic rings. The summed E-state index contributed by atoms with van der Waals surface area (Å²) in [7, 11) is 0. The molecule has 0 spiro atoms. The van der Waals surface area contributed by atoms with Crippen LogP contribution in [0, 0.1) is 11.3 Å². The third-order valence-electron chi connectivity index (χ3n) is 3.63. The Morgan fingerprint density at radius 3 is 2.88 bits per heavy atom. The van der Waals surface area contributed by atoms with Gasteiger partial charge in [-0.05, 0) is 30.6 Å². The van der Waals surface area contributed by atoms with Gasteiger partial charge in [0, 0.05) is 18.8 Å². The van der Waals surface area contributed by atoms with Crippen LogP contribution >= 0.6 is 0 Å². The molecule has 4 nitrogen and oxygen atoms in total. The van der Waals surface area contributed by atoms with Crippen LogP contribution < -0.4 is 5.32 Å². The molecule has 2 rings (SSSR count). The fourth-order valence-corrected chi connectivity index (χ4v) is 3.24. The summed E-state index contributed by atoms with van der Waals surface area (Å²) >= 11 is 0. The first kappa shape index (κ1) is 12.6. The number of rotatable bonds is 4. The van der Waals surface area contributed by atoms with Crippen molar-refractivity contribution in [2.75, 3.05) is 6.54 Å². The van der Waals surface area contributed by atoms with Crippen molar-refractivity contribution in [1.82, 2.24) is 20.3 Å². The molecule has 0 aliphatic heterocycles. The summed E-state index contributed by atoms with van der Waals surface area (Å²) in [5.41, 5.74) is 0.489. The third kappa shape index (κ3) is 3.80. The number of nitrogens with one attached hydrogen (secondary N) is 1. The first-order valence-corrected chi connectivity index (χ1v) is 6.63. The molecule has 0 aromatic carbocycles. The largest absolute Gasteiger partial charge is 0.312 e. The molecule has 17 heavy (non-hydrogen) atoms. The minimum Gasteiger partial charge on any atom is -0.312 e. The van der Waals surface area contributed by atoms with Crippen LogP contribution in [-0.4, -0.2) is 27.6 Å². The van der Waals surface area contributed by atoms with Crippen LogP contribution in [0.5, 0.6) is 0 Å². The predicted molar refractivity (Wildman–Crippen MR) is 68.6 cm³/mol. The van der Waals surface area contributed by atoms with Crippen molar-refractivity contribution in [1.29, 1.82) is 0 Å². The monoisotopic (exact) mass is 236 g/mol. The first-order chi connectivity index (χ1) is 8.05. The third-order valence-corrected chi connectivity index (χ3v) is 3.63. The quantitative estimate of drug-likeness (QED) is 0.870. The molecule has 1 heterocycles. The molecule has 1 aromatic heterocycles. The Labute approximate surface area is 104 Å². The van der Waals surface area contributed by atoms with Crippen LogP contribution in [0.1, 0.15) is 40.0 Å². The molecular weight excluding hydrogens is 212 g/mol. The molecule has 0 radical (unpaired) electrons. The van der Waals surface area contributed by atoms with E-state index in [2.05, 4.69) is 36.4 Å². The second-order valence-corrected chi connectivity index (χ2v) is 6.23. The Kier molecular flexibility index (Phi) is 3.82. The fourth-order valence-electron chi connectivity index (χ4n) is 3.24. The van der Waals surface area contributed by atoms with Crippen LogP contribution in [0.2, 0.25) is 0 Å². The number of nitrogens with zero attached hydrogens (tertiary/aromatic N) is 3. The second-order valence-electron chi connectivity index (χ2n) is 6.23. The number of hydrogen-bond donors (Lipinski definition) is 1. The van der Waals surface area contributed by atoms with Gasteiger partial charge in [0.25, 0.3) is 0 Å². The normalized spacial score (nSPS) is 28.2. The van der Waals surface area contributed by atoms with Gasteiger partial charge in [-0.25, -0.2) is 0 Å². The molecule has 2 unspecified atom stereocenters. The van der Waals surface area contributed by atoms with Crippen molar-refractivity contribution in [3.05, 3.63) is 12.4 Å². The van der Waals surface area contributed by atoms with Crippen molar-refractivity contribution < 1.29 is 0 Å². The van der Waals surface area contributed by atoms with Crippen LogP contribution in [-0.2, 0) is 6.54 Å². The van der Waals surface area contributed by atoms with Crippen LogP contribution in [0.3, 0.4) is 0 Å². The maximum Gasteiger partial charge on any atom is 0.0692 e. The summed E-state index contributed by atoms with van der Waals surface area (Å²) in [6.07, 6.45) is 7.59. The van der Waals surface area contributed by atoms with Gasteiger partial charge in [-0.3, -0.25) is 4.68 Å². The van der Waals surface area contributed by atoms with Crippen LogP contribution in [0.4, 0.5) is 0 Å². The summed E-state index contributed by atoms with van der Waals surface area (Å²) in [5.74, 6) is 0.836. The molecule has 0 amide bonds. The number of aromatic nitrogens is 3. The van der Waals surface area contributed by atoms with E-state index in [1.807, 2.05) is 10.9 Å². The molecule has 4 heteroatoms. The van der Waals surface area contributed by atoms with Gasteiger partial charge in [-0.1, -0.05) is 26.0 Å². The summed E-state index contributed by atoms with van der Waals surface area (Å²) in [6, 6.07) is 0.664. The first-order valence-electron chi connectivity index (χ1n) is 6.63. The predicted octanol–water partition coefficient (Wildman–Crippen LogP) is 2.08. The maximum absolute atomic E-state index is 3.97. The van der Waals surface area contributed by atoms with E-state index in [-0.39, 0.29) is 0 Å². The van der Waals surface area contributed by atoms with Gasteiger partial charge in [0.2, 0.25) is 0 Å². The number of hydrogen-bond acceptors (Lipinski definition) is 3. The molecule has 0 saturated heterocycles. The van der Waals surface area contributed by atoms with E-state index in [1.54, 1.807) is 6.20 Å². The van der Waals surface area contributed by atoms with Gasteiger partial charge in [0.15, 0.2) is 0 Å². The highest BCUT2D eigenvalue weighted by atomic mass is 15.4. The summed E-state index contributed by atoms with van der Waals surface area (Å²) < 4.78 is 1.88. The molecular formula is C13H24N4. The molecule has 96 valence electrons. The van der Waals surface area contributed by atoms with E-state index in [4.69, 9.17) is 0 Å². The molecule has 0 bridgehead atoms. The lowest BCUT2D eigenvalue weighted by atomic mass is 9.70. The van der Waals surface area contributed by atoms with Crippen molar-refractivity contribution in [3.63, 3.8) is 0 Å². The lowest BCUT2D eigenvalue weighted by Gasteiger charge is -2.39. The second kappa shape index (κ2) is 5.17. The van der Waals surface area contributed by atoms with E-state index >= 15 is 0 Å². The van der Waals surface area contributed by atoms with Crippen molar-refractivity contribution in [2.24, 2.45) is 11.3 Å². The molecule has 1 saturated carbocycles. The van der Waals surface area contributed by atoms with E-state index in [0.29, 0.717) is 11.5 Å². The smallest absolute Gasteiger partial charge is 0.0692 e. The van der Waals surface area contributed by atoms with E-state index in [9.17, 15) is 0 Å². The van der Waals surface area contributed by atoms with Crippen LogP contribution in [0.25, 0.3) is 0 Å². The Balaban J connectivity index is 1.75. The van der Waals surface area contributed by atoms with Crippen molar-refractivity contribution in [2.45, 2.75) is 52.6 Å². The SMILES string of the molecule is CC1CC(NCCn2ccnn2)CC(C)(C)C1. The molecule has 2 atom stereocenters. The van der Waals surface area contributed by atoms with Gasteiger partial charge in [0.05, 0.1) is 12.7 Å². The average Bonchev–Trinajstić information content (AvgIpc) is 2.67. The van der Waals surface area contributed by atoms with Crippen molar-refractivity contribution >= 4 is 0 Å². The molecule has 1 aliphatic rings. The minimum atomic E-state index is 0.489. The minimum absolute atomic E-state index is 0.489. The molecule has 1 N–H and O–H groups in total. The zero-order chi connectivity index (χ0) is 12.3. The molecule has 1 fully saturated rings. The summed E-state index contributed by atoms with van der Waals surface area (Å²) in [5, 5.41) is 11.4. The van der Waals surface area contributed by atoms with Gasteiger partial charge >= 0.3 is 0 Å². The van der Waals surface area contributed by atoms with E-state index in [1.165, 1.54) is 19.3 Å². The topological polar surface area (TPSA) is 42.7 Å². The summed E-state index contributed by atoms with van der Waals surface area (Å²) in [6.45, 7) is 9.03. The highest BCUT2D eigenvalue weighted by Gasteiger charge is 2.31. The van der Waals surface area contributed by atoms with E-state index < -0.39 is 0 Å². The van der Waals surface area contributed by atoms with Gasteiger partial charge in [-0.15, -0.1) is 5.10 Å². The lowest BCUT2D eigenvalue weighted by Crippen LogP contribution is -2.41. The van der Waals surface area contributed by atoms with Gasteiger partial charge < -0.3 is 5.32 Å². The Morgan fingerprint density at radius 2 is 2.24 bits per heavy atom. The zero-order valence-corrected chi connectivity index (χ0v) is 11.2. The lowest BCUT2D eigenvalue weighted by molar-refractivity contribution is 0.151. The van der Waals surface area contributed by atoms with Gasteiger partial charge in [0.1, 0.15) is 0 Å². The molecule has 1 aliphatic carbocycles. The Hall–Kier alpha value is -0.900. The van der Waals surface area contributed by atoms with E-state index in [0.717, 1.165) is 19.0 Å². The Bertz CT molecular complexity index is 331. The Morgan fingerprint density at radius 1 is 1.41 bits per heavy atom. The fraction of sp³-hybridized carbons (Fsp3) is 0.846. The van der Waals surface area contributed by atoms with Crippen molar-refractivity contribution in [3.8, 4) is 0 Å². The standard InChI is InChI=1S/C13H24N4/c1-11-8-12(10-13(2,3)9-11)14-4-6-17-7-5-15-16-17/h5,7,11-12,14H,4,6,8-10H2,1-3H3. The summed E-state index contributed by atoms with van der Waals surface area (Å²) in [4.78, 5) is 0. The van der Waals surface area contributed by atoms with Crippen LogP contribution in [0.15, 0.2) is 12.4 Å². The maximum atomic E-state index is 3.97. The highest BCUT2D eigenvalue weighted by Crippen LogP contribution is 2.38. The average molecular weight is 236 g/mol. The zero-order valence-electron chi connectivity index (χ0n) is 11.2. The highest BCUT2D eigenvalue weighted by molar-refractivity contribution is 4.86. The van der Waals surface area contributed by atoms with Gasteiger partial charge in [-0.2, -0.15) is 0 Å².